The number of carbonyl (C=O) groups excluding carboxylic acids is 1. The van der Waals surface area contributed by atoms with Gasteiger partial charge in [-0.3, -0.25) is 9.69 Å². The fourth-order valence-electron chi connectivity index (χ4n) is 3.67. The van der Waals surface area contributed by atoms with Crippen LogP contribution in [0.25, 0.3) is 11.4 Å². The van der Waals surface area contributed by atoms with Gasteiger partial charge < -0.3 is 20.3 Å². The summed E-state index contributed by atoms with van der Waals surface area (Å²) < 4.78 is 18.7. The number of nitrogens with one attached hydrogen (secondary N) is 2. The molecule has 10 heteroatoms. The first kappa shape index (κ1) is 23.5. The Kier molecular flexibility index (Phi) is 7.61. The minimum absolute atomic E-state index is 0.105. The Hall–Kier alpha value is -3.63. The van der Waals surface area contributed by atoms with Gasteiger partial charge in [-0.25, -0.2) is 14.4 Å². The molecule has 2 aromatic carbocycles. The Morgan fingerprint density at radius 3 is 2.59 bits per heavy atom. The molecule has 3 aromatic rings. The average molecular weight is 466 g/mol. The molecule has 1 amide bonds. The van der Waals surface area contributed by atoms with E-state index in [1.807, 2.05) is 0 Å². The normalized spacial score (nSPS) is 14.6. The van der Waals surface area contributed by atoms with Crippen LogP contribution in [-0.2, 0) is 0 Å². The highest BCUT2D eigenvalue weighted by Gasteiger charge is 2.14. The van der Waals surface area contributed by atoms with Crippen LogP contribution in [0.5, 0.6) is 5.75 Å². The Labute approximate surface area is 198 Å². The standard InChI is InChI=1S/C24H28FN7O2/c1-31-11-13-32(14-12-31)10-9-26-23(33)17-3-6-19(7-4-17)29-24-28-16-27-22(30-24)20-8-5-18(25)15-21(20)34-2/h3-8,15-16H,9-14H2,1-2H3,(H,26,33)(H,27,28,29,30). The molecule has 1 aromatic heterocycles. The van der Waals surface area contributed by atoms with Crippen molar-refractivity contribution in [3.63, 3.8) is 0 Å². The van der Waals surface area contributed by atoms with Gasteiger partial charge in [0, 0.05) is 56.6 Å². The Morgan fingerprint density at radius 1 is 1.09 bits per heavy atom. The summed E-state index contributed by atoms with van der Waals surface area (Å²) in [4.78, 5) is 29.8. The largest absolute Gasteiger partial charge is 0.496 e. The van der Waals surface area contributed by atoms with Gasteiger partial charge >= 0.3 is 0 Å². The van der Waals surface area contributed by atoms with Crippen LogP contribution in [0.1, 0.15) is 10.4 Å². The van der Waals surface area contributed by atoms with Crippen molar-refractivity contribution < 1.29 is 13.9 Å². The molecular formula is C24H28FN7O2. The van der Waals surface area contributed by atoms with Crippen LogP contribution in [0.2, 0.25) is 0 Å². The first-order valence-corrected chi connectivity index (χ1v) is 11.1. The summed E-state index contributed by atoms with van der Waals surface area (Å²) in [6, 6.07) is 11.2. The van der Waals surface area contributed by atoms with Crippen molar-refractivity contribution in [3.8, 4) is 17.1 Å². The second kappa shape index (κ2) is 11.0. The summed E-state index contributed by atoms with van der Waals surface area (Å²) in [5.74, 6) is 0.495. The van der Waals surface area contributed by atoms with Crippen molar-refractivity contribution in [1.29, 1.82) is 0 Å². The fraction of sp³-hybridized carbons (Fsp3) is 0.333. The molecule has 0 unspecified atom stereocenters. The summed E-state index contributed by atoms with van der Waals surface area (Å²) >= 11 is 0. The lowest BCUT2D eigenvalue weighted by Gasteiger charge is -2.32. The molecule has 0 aliphatic carbocycles. The number of carbonyl (C=O) groups is 1. The summed E-state index contributed by atoms with van der Waals surface area (Å²) in [6.45, 7) is 5.63. The Bertz CT molecular complexity index is 1120. The van der Waals surface area contributed by atoms with Crippen LogP contribution < -0.4 is 15.4 Å². The quantitative estimate of drug-likeness (QED) is 0.524. The monoisotopic (exact) mass is 465 g/mol. The predicted octanol–water partition coefficient (Wildman–Crippen LogP) is 2.41. The Balaban J connectivity index is 1.34. The molecule has 0 bridgehead atoms. The minimum atomic E-state index is -0.406. The molecule has 1 aliphatic rings. The number of aromatic nitrogens is 3. The predicted molar refractivity (Wildman–Crippen MR) is 128 cm³/mol. The summed E-state index contributed by atoms with van der Waals surface area (Å²) in [7, 11) is 3.59. The molecule has 0 atom stereocenters. The minimum Gasteiger partial charge on any atom is -0.496 e. The number of methoxy groups -OCH3 is 1. The lowest BCUT2D eigenvalue weighted by molar-refractivity contribution is 0.0941. The van der Waals surface area contributed by atoms with E-state index < -0.39 is 5.82 Å². The summed E-state index contributed by atoms with van der Waals surface area (Å²) in [6.07, 6.45) is 1.37. The zero-order chi connectivity index (χ0) is 23.9. The molecule has 2 heterocycles. The van der Waals surface area contributed by atoms with Crippen molar-refractivity contribution in [2.75, 3.05) is 58.7 Å². The van der Waals surface area contributed by atoms with E-state index in [0.29, 0.717) is 35.2 Å². The zero-order valence-corrected chi connectivity index (χ0v) is 19.3. The van der Waals surface area contributed by atoms with Crippen LogP contribution in [0, 0.1) is 5.82 Å². The maximum absolute atomic E-state index is 13.5. The highest BCUT2D eigenvalue weighted by Crippen LogP contribution is 2.28. The summed E-state index contributed by atoms with van der Waals surface area (Å²) in [5, 5.41) is 6.08. The highest BCUT2D eigenvalue weighted by atomic mass is 19.1. The van der Waals surface area contributed by atoms with E-state index in [-0.39, 0.29) is 5.91 Å². The maximum atomic E-state index is 13.5. The first-order valence-electron chi connectivity index (χ1n) is 11.1. The van der Waals surface area contributed by atoms with Gasteiger partial charge in [0.1, 0.15) is 17.9 Å². The lowest BCUT2D eigenvalue weighted by atomic mass is 10.2. The third kappa shape index (κ3) is 6.03. The smallest absolute Gasteiger partial charge is 0.251 e. The number of amides is 1. The van der Waals surface area contributed by atoms with Crippen molar-refractivity contribution in [2.24, 2.45) is 0 Å². The average Bonchev–Trinajstić information content (AvgIpc) is 2.85. The number of benzene rings is 2. The molecular weight excluding hydrogens is 437 g/mol. The SMILES string of the molecule is COc1cc(F)ccc1-c1ncnc(Nc2ccc(C(=O)NCCN3CCN(C)CC3)cc2)n1. The molecule has 1 aliphatic heterocycles. The second-order valence-electron chi connectivity index (χ2n) is 8.08. The Morgan fingerprint density at radius 2 is 1.85 bits per heavy atom. The molecule has 0 radical (unpaired) electrons. The van der Waals surface area contributed by atoms with E-state index in [1.165, 1.54) is 25.6 Å². The second-order valence-corrected chi connectivity index (χ2v) is 8.08. The molecule has 178 valence electrons. The molecule has 9 nitrogen and oxygen atoms in total. The zero-order valence-electron chi connectivity index (χ0n) is 19.3. The third-order valence-electron chi connectivity index (χ3n) is 5.69. The molecule has 1 saturated heterocycles. The van der Waals surface area contributed by atoms with E-state index in [9.17, 15) is 9.18 Å². The van der Waals surface area contributed by atoms with E-state index in [1.54, 1.807) is 30.3 Å². The molecule has 0 saturated carbocycles. The number of anilines is 2. The van der Waals surface area contributed by atoms with Gasteiger partial charge in [-0.05, 0) is 43.4 Å². The van der Waals surface area contributed by atoms with Gasteiger partial charge in [-0.2, -0.15) is 4.98 Å². The maximum Gasteiger partial charge on any atom is 0.251 e. The van der Waals surface area contributed by atoms with E-state index in [0.717, 1.165) is 38.4 Å². The number of hydrogen-bond donors (Lipinski definition) is 2. The molecule has 0 spiro atoms. The van der Waals surface area contributed by atoms with Crippen molar-refractivity contribution in [1.82, 2.24) is 30.1 Å². The van der Waals surface area contributed by atoms with Gasteiger partial charge in [0.15, 0.2) is 5.82 Å². The number of likely N-dealkylation sites (N-methyl/N-ethyl adjacent to an activating group) is 1. The number of halogens is 1. The van der Waals surface area contributed by atoms with Crippen molar-refractivity contribution in [2.45, 2.75) is 0 Å². The van der Waals surface area contributed by atoms with Crippen LogP contribution in [-0.4, -0.2) is 84.1 Å². The van der Waals surface area contributed by atoms with Crippen LogP contribution in [0.3, 0.4) is 0 Å². The first-order chi connectivity index (χ1) is 16.5. The number of piperazine rings is 1. The lowest BCUT2D eigenvalue weighted by Crippen LogP contribution is -2.46. The van der Waals surface area contributed by atoms with Gasteiger partial charge in [0.25, 0.3) is 5.91 Å². The third-order valence-corrected chi connectivity index (χ3v) is 5.69. The molecule has 34 heavy (non-hydrogen) atoms. The van der Waals surface area contributed by atoms with E-state index in [2.05, 4.69) is 42.4 Å². The van der Waals surface area contributed by atoms with E-state index >= 15 is 0 Å². The van der Waals surface area contributed by atoms with Crippen LogP contribution in [0.15, 0.2) is 48.8 Å². The van der Waals surface area contributed by atoms with Gasteiger partial charge in [-0.15, -0.1) is 0 Å². The fourth-order valence-corrected chi connectivity index (χ4v) is 3.67. The van der Waals surface area contributed by atoms with Crippen LogP contribution in [0.4, 0.5) is 16.0 Å². The topological polar surface area (TPSA) is 95.5 Å². The van der Waals surface area contributed by atoms with Gasteiger partial charge in [0.05, 0.1) is 12.7 Å². The number of hydrogen-bond acceptors (Lipinski definition) is 8. The molecule has 1 fully saturated rings. The summed E-state index contributed by atoms with van der Waals surface area (Å²) in [5.41, 5.74) is 1.85. The number of rotatable bonds is 8. The van der Waals surface area contributed by atoms with Crippen molar-refractivity contribution >= 4 is 17.5 Å². The van der Waals surface area contributed by atoms with Gasteiger partial charge in [0.2, 0.25) is 5.95 Å². The molecule has 4 rings (SSSR count). The van der Waals surface area contributed by atoms with E-state index in [4.69, 9.17) is 4.74 Å². The number of nitrogens with zero attached hydrogens (tertiary/aromatic N) is 5. The van der Waals surface area contributed by atoms with Crippen molar-refractivity contribution in [3.05, 3.63) is 60.2 Å². The molecule has 2 N–H and O–H groups in total. The highest BCUT2D eigenvalue weighted by molar-refractivity contribution is 5.94. The van der Waals surface area contributed by atoms with Gasteiger partial charge in [-0.1, -0.05) is 0 Å². The number of ether oxygens (including phenoxy) is 1. The van der Waals surface area contributed by atoms with Crippen LogP contribution >= 0.6 is 0 Å².